The number of carbonyl (C=O) groups excluding carboxylic acids is 1. The van der Waals surface area contributed by atoms with Crippen LogP contribution in [0.3, 0.4) is 0 Å². The summed E-state index contributed by atoms with van der Waals surface area (Å²) in [6.45, 7) is 10.6. The Balaban J connectivity index is 0.000000253. The van der Waals surface area contributed by atoms with Gasteiger partial charge in [-0.1, -0.05) is 19.9 Å². The molecule has 0 saturated carbocycles. The summed E-state index contributed by atoms with van der Waals surface area (Å²) in [6.07, 6.45) is 0.971. The first-order valence-electron chi connectivity index (χ1n) is 7.83. The number of benzene rings is 1. The van der Waals surface area contributed by atoms with Gasteiger partial charge in [0.05, 0.1) is 24.7 Å². The van der Waals surface area contributed by atoms with Gasteiger partial charge in [-0.25, -0.2) is 8.78 Å². The van der Waals surface area contributed by atoms with Crippen molar-refractivity contribution < 1.29 is 23.0 Å². The lowest BCUT2D eigenvalue weighted by molar-refractivity contribution is -0.148. The Labute approximate surface area is 137 Å². The molecule has 5 heteroatoms. The number of carbonyl (C=O) groups is 1. The lowest BCUT2D eigenvalue weighted by Crippen LogP contribution is -2.19. The third kappa shape index (κ3) is 7.08. The summed E-state index contributed by atoms with van der Waals surface area (Å²) in [7, 11) is 0. The van der Waals surface area contributed by atoms with Crippen LogP contribution in [0.25, 0.3) is 0 Å². The summed E-state index contributed by atoms with van der Waals surface area (Å²) in [5.74, 6) is -0.805. The molecule has 1 aliphatic rings. The van der Waals surface area contributed by atoms with Crippen molar-refractivity contribution in [2.24, 2.45) is 11.8 Å². The molecule has 1 aromatic rings. The first-order chi connectivity index (χ1) is 10.6. The largest absolute Gasteiger partial charge is 0.465 e. The number of halogens is 2. The van der Waals surface area contributed by atoms with Crippen LogP contribution in [0.1, 0.15) is 39.7 Å². The summed E-state index contributed by atoms with van der Waals surface area (Å²) in [6, 6.07) is 3.51. The van der Waals surface area contributed by atoms with Gasteiger partial charge in [-0.15, -0.1) is 0 Å². The minimum absolute atomic E-state index is 0.0367. The zero-order valence-corrected chi connectivity index (χ0v) is 14.5. The minimum atomic E-state index is -0.530. The van der Waals surface area contributed by atoms with E-state index in [9.17, 15) is 13.6 Å². The quantitative estimate of drug-likeness (QED) is 0.777. The molecule has 1 heterocycles. The molecular weight excluding hydrogens is 302 g/mol. The predicted molar refractivity (Wildman–Crippen MR) is 85.0 cm³/mol. The third-order valence-electron chi connectivity index (χ3n) is 3.56. The maximum atomic E-state index is 12.3. The normalized spacial score (nSPS) is 19.2. The third-order valence-corrected chi connectivity index (χ3v) is 3.56. The van der Waals surface area contributed by atoms with E-state index in [1.807, 2.05) is 13.8 Å². The first kappa shape index (κ1) is 19.6. The lowest BCUT2D eigenvalue weighted by Gasteiger charge is -2.15. The molecule has 0 aromatic heterocycles. The Kier molecular flexibility index (Phi) is 7.13. The minimum Gasteiger partial charge on any atom is -0.465 e. The fourth-order valence-corrected chi connectivity index (χ4v) is 2.20. The molecule has 0 bridgehead atoms. The van der Waals surface area contributed by atoms with Gasteiger partial charge < -0.3 is 9.47 Å². The van der Waals surface area contributed by atoms with Crippen molar-refractivity contribution in [1.82, 2.24) is 0 Å². The number of hydrogen-bond donors (Lipinski definition) is 0. The van der Waals surface area contributed by atoms with Crippen LogP contribution in [0.5, 0.6) is 0 Å². The Morgan fingerprint density at radius 2 is 2.04 bits per heavy atom. The summed E-state index contributed by atoms with van der Waals surface area (Å²) < 4.78 is 35.2. The van der Waals surface area contributed by atoms with E-state index in [1.54, 1.807) is 6.92 Å². The smallest absolute Gasteiger partial charge is 0.308 e. The van der Waals surface area contributed by atoms with Crippen molar-refractivity contribution in [3.05, 3.63) is 35.4 Å². The lowest BCUT2D eigenvalue weighted by atomic mass is 9.99. The van der Waals surface area contributed by atoms with E-state index in [2.05, 4.69) is 13.8 Å². The number of rotatable bonds is 3. The van der Waals surface area contributed by atoms with Gasteiger partial charge in [0.15, 0.2) is 0 Å². The summed E-state index contributed by atoms with van der Waals surface area (Å²) >= 11 is 0. The van der Waals surface area contributed by atoms with E-state index in [1.165, 1.54) is 12.1 Å². The summed E-state index contributed by atoms with van der Waals surface area (Å²) in [5.41, 5.74) is 0.422. The van der Waals surface area contributed by atoms with Crippen LogP contribution in [-0.4, -0.2) is 24.8 Å². The zero-order valence-electron chi connectivity index (χ0n) is 14.5. The molecule has 1 saturated heterocycles. The Morgan fingerprint density at radius 3 is 2.48 bits per heavy atom. The molecule has 0 radical (unpaired) electrons. The van der Waals surface area contributed by atoms with Crippen molar-refractivity contribution in [3.8, 4) is 0 Å². The van der Waals surface area contributed by atoms with Crippen LogP contribution in [0.4, 0.5) is 8.78 Å². The monoisotopic (exact) mass is 328 g/mol. The van der Waals surface area contributed by atoms with Crippen LogP contribution >= 0.6 is 0 Å². The Morgan fingerprint density at radius 1 is 1.39 bits per heavy atom. The van der Waals surface area contributed by atoms with E-state index in [-0.39, 0.29) is 17.5 Å². The fraction of sp³-hybridized carbons (Fsp3) is 0.611. The van der Waals surface area contributed by atoms with Crippen molar-refractivity contribution in [2.75, 3.05) is 13.2 Å². The van der Waals surface area contributed by atoms with Gasteiger partial charge >= 0.3 is 5.97 Å². The molecule has 130 valence electrons. The highest BCUT2D eigenvalue weighted by Gasteiger charge is 2.32. The van der Waals surface area contributed by atoms with Crippen molar-refractivity contribution in [1.29, 1.82) is 0 Å². The average Bonchev–Trinajstić information content (AvgIpc) is 2.80. The second kappa shape index (κ2) is 8.39. The maximum absolute atomic E-state index is 12.3. The maximum Gasteiger partial charge on any atom is 0.308 e. The predicted octanol–water partition coefficient (Wildman–Crippen LogP) is 4.27. The van der Waals surface area contributed by atoms with E-state index in [4.69, 9.17) is 9.47 Å². The van der Waals surface area contributed by atoms with Crippen LogP contribution < -0.4 is 0 Å². The highest BCUT2D eigenvalue weighted by atomic mass is 19.1. The van der Waals surface area contributed by atoms with Crippen LogP contribution in [0.15, 0.2) is 18.2 Å². The van der Waals surface area contributed by atoms with Gasteiger partial charge in [-0.05, 0) is 38.8 Å². The molecule has 1 aliphatic heterocycles. The molecule has 1 fully saturated rings. The molecule has 23 heavy (non-hydrogen) atoms. The van der Waals surface area contributed by atoms with Gasteiger partial charge in [0.25, 0.3) is 0 Å². The number of esters is 1. The second-order valence-corrected chi connectivity index (χ2v) is 6.82. The highest BCUT2D eigenvalue weighted by molar-refractivity contribution is 5.71. The Hall–Kier alpha value is -1.49. The number of hydrogen-bond acceptors (Lipinski definition) is 3. The molecule has 0 N–H and O–H groups in total. The van der Waals surface area contributed by atoms with E-state index < -0.39 is 11.6 Å². The van der Waals surface area contributed by atoms with Crippen molar-refractivity contribution >= 4 is 5.97 Å². The van der Waals surface area contributed by atoms with Gasteiger partial charge in [0.2, 0.25) is 0 Å². The topological polar surface area (TPSA) is 35.5 Å². The summed E-state index contributed by atoms with van der Waals surface area (Å²) in [5, 5.41) is 0. The number of ether oxygens (including phenoxy) is 2. The van der Waals surface area contributed by atoms with Crippen LogP contribution in [0.2, 0.25) is 0 Å². The standard InChI is InChI=1S/C11H20O3.C7H6F2/c1-8(2)10(12)13-6-9-5-11(3,4)14-7-9;1-5-2-3-6(8)4-7(5)9/h8-9H,5-7H2,1-4H3;2-4H,1H3/t9-;/m1./s1. The molecule has 0 amide bonds. The molecule has 1 atom stereocenters. The number of aryl methyl sites for hydroxylation is 1. The first-order valence-corrected chi connectivity index (χ1v) is 7.83. The molecule has 1 aromatic carbocycles. The van der Waals surface area contributed by atoms with E-state index in [0.717, 1.165) is 12.5 Å². The van der Waals surface area contributed by atoms with Gasteiger partial charge in [-0.2, -0.15) is 0 Å². The second-order valence-electron chi connectivity index (χ2n) is 6.82. The Bertz CT molecular complexity index is 527. The molecule has 3 nitrogen and oxygen atoms in total. The molecule has 0 spiro atoms. The zero-order chi connectivity index (χ0) is 17.6. The van der Waals surface area contributed by atoms with Gasteiger partial charge in [-0.3, -0.25) is 4.79 Å². The van der Waals surface area contributed by atoms with Gasteiger partial charge in [0.1, 0.15) is 11.6 Å². The van der Waals surface area contributed by atoms with Crippen LogP contribution in [-0.2, 0) is 14.3 Å². The fourth-order valence-electron chi connectivity index (χ4n) is 2.20. The van der Waals surface area contributed by atoms with Crippen molar-refractivity contribution in [2.45, 2.75) is 46.6 Å². The summed E-state index contributed by atoms with van der Waals surface area (Å²) in [4.78, 5) is 11.2. The van der Waals surface area contributed by atoms with Crippen molar-refractivity contribution in [3.63, 3.8) is 0 Å². The molecule has 0 aliphatic carbocycles. The molecule has 0 unspecified atom stereocenters. The molecule has 2 rings (SSSR count). The SMILES string of the molecule is CC(C)C(=O)OC[C@@H]1COC(C)(C)C1.Cc1ccc(F)cc1F. The average molecular weight is 328 g/mol. The molecular formula is C18H26F2O3. The van der Waals surface area contributed by atoms with Crippen LogP contribution in [0, 0.1) is 30.4 Å². The van der Waals surface area contributed by atoms with E-state index >= 15 is 0 Å². The highest BCUT2D eigenvalue weighted by Crippen LogP contribution is 2.29. The van der Waals surface area contributed by atoms with E-state index in [0.29, 0.717) is 24.7 Å². The van der Waals surface area contributed by atoms with Gasteiger partial charge in [0, 0.05) is 12.0 Å².